The fraction of sp³-hybridized carbons (Fsp3) is 0.0400. The first-order chi connectivity index (χ1) is 15.3. The summed E-state index contributed by atoms with van der Waals surface area (Å²) in [4.78, 5) is 0. The van der Waals surface area contributed by atoms with Crippen LogP contribution in [0.3, 0.4) is 0 Å². The number of aromatic hydroxyl groups is 1. The van der Waals surface area contributed by atoms with Crippen LogP contribution in [0.5, 0.6) is 5.75 Å². The van der Waals surface area contributed by atoms with E-state index in [1.54, 1.807) is 6.07 Å². The SMILES string of the molecule is Oc1ccccc1C[P+](c1ccccc1)(c1ccccc1)c1ccccc1.[Br][Fe-]([Br])([Br])[Br]. The zero-order valence-electron chi connectivity index (χ0n) is 16.9. The van der Waals surface area contributed by atoms with Crippen molar-refractivity contribution >= 4 is 79.6 Å². The second kappa shape index (κ2) is 12.3. The molecule has 0 heterocycles. The van der Waals surface area contributed by atoms with Gasteiger partial charge in [0.2, 0.25) is 0 Å². The van der Waals surface area contributed by atoms with E-state index in [2.05, 4.69) is 147 Å². The maximum atomic E-state index is 10.5. The van der Waals surface area contributed by atoms with E-state index >= 15 is 0 Å². The number of phenolic OH excluding ortho intramolecular Hbond substituents is 1. The minimum absolute atomic E-state index is 0.365. The Morgan fingerprint density at radius 3 is 1.19 bits per heavy atom. The summed E-state index contributed by atoms with van der Waals surface area (Å²) in [5.41, 5.74) is -0.262. The first kappa shape index (κ1) is 26.2. The van der Waals surface area contributed by atoms with Crippen LogP contribution >= 0.6 is 63.7 Å². The van der Waals surface area contributed by atoms with Crippen molar-refractivity contribution in [2.75, 3.05) is 0 Å². The molecule has 0 spiro atoms. The molecule has 0 amide bonds. The van der Waals surface area contributed by atoms with Crippen molar-refractivity contribution in [3.8, 4) is 5.75 Å². The van der Waals surface area contributed by atoms with Gasteiger partial charge < -0.3 is 5.11 Å². The van der Waals surface area contributed by atoms with Gasteiger partial charge in [0, 0.05) is 5.56 Å². The van der Waals surface area contributed by atoms with E-state index in [0.29, 0.717) is 5.75 Å². The topological polar surface area (TPSA) is 20.2 Å². The third-order valence-corrected chi connectivity index (χ3v) is 9.34. The Hall–Kier alpha value is -0.451. The molecule has 0 aliphatic rings. The number of phenols is 1. The second-order valence-electron chi connectivity index (χ2n) is 6.91. The van der Waals surface area contributed by atoms with Gasteiger partial charge in [0.25, 0.3) is 0 Å². The molecule has 0 aliphatic heterocycles. The number of rotatable bonds is 5. The van der Waals surface area contributed by atoms with Crippen LogP contribution in [0.4, 0.5) is 0 Å². The van der Waals surface area contributed by atoms with E-state index < -0.39 is 12.9 Å². The van der Waals surface area contributed by atoms with Gasteiger partial charge in [-0.1, -0.05) is 72.8 Å². The molecular weight excluding hydrogens is 723 g/mol. The molecule has 0 saturated heterocycles. The van der Waals surface area contributed by atoms with Gasteiger partial charge in [0.1, 0.15) is 35.1 Å². The summed E-state index contributed by atoms with van der Waals surface area (Å²) in [6.07, 6.45) is 0.789. The third kappa shape index (κ3) is 7.27. The molecule has 4 aromatic carbocycles. The molecule has 7 heteroatoms. The van der Waals surface area contributed by atoms with E-state index in [1.807, 2.05) is 18.2 Å². The molecular formula is C25H22Br4FeOP. The van der Waals surface area contributed by atoms with Crippen LogP contribution in [0.15, 0.2) is 115 Å². The van der Waals surface area contributed by atoms with Crippen molar-refractivity contribution in [1.82, 2.24) is 0 Å². The number of benzene rings is 4. The van der Waals surface area contributed by atoms with E-state index in [4.69, 9.17) is 0 Å². The first-order valence-corrected chi connectivity index (χ1v) is 22.5. The van der Waals surface area contributed by atoms with Crippen LogP contribution in [0.2, 0.25) is 0 Å². The number of halogens is 4. The average Bonchev–Trinajstić information content (AvgIpc) is 2.79. The average molecular weight is 745 g/mol. The normalized spacial score (nSPS) is 11.9. The molecule has 0 unspecified atom stereocenters. The van der Waals surface area contributed by atoms with Gasteiger partial charge in [-0.15, -0.1) is 0 Å². The van der Waals surface area contributed by atoms with E-state index in [0.717, 1.165) is 11.7 Å². The number of hydrogen-bond acceptors (Lipinski definition) is 1. The summed E-state index contributed by atoms with van der Waals surface area (Å²) in [6, 6.07) is 40.0. The maximum absolute atomic E-state index is 10.5. The Kier molecular flexibility index (Phi) is 10.1. The fourth-order valence-electron chi connectivity index (χ4n) is 3.67. The molecule has 0 aromatic heterocycles. The Morgan fingerprint density at radius 2 is 0.844 bits per heavy atom. The molecule has 1 nitrogen and oxygen atoms in total. The van der Waals surface area contributed by atoms with Crippen molar-refractivity contribution < 1.29 is 10.7 Å². The summed E-state index contributed by atoms with van der Waals surface area (Å²) in [5.74, 6) is 0.365. The summed E-state index contributed by atoms with van der Waals surface area (Å²) < 4.78 is 0. The van der Waals surface area contributed by atoms with Crippen molar-refractivity contribution in [2.45, 2.75) is 6.16 Å². The van der Waals surface area contributed by atoms with Crippen molar-refractivity contribution in [3.63, 3.8) is 0 Å². The van der Waals surface area contributed by atoms with Crippen molar-refractivity contribution in [2.24, 2.45) is 0 Å². The van der Waals surface area contributed by atoms with Crippen molar-refractivity contribution in [3.05, 3.63) is 121 Å². The van der Waals surface area contributed by atoms with Gasteiger partial charge in [0.15, 0.2) is 0 Å². The van der Waals surface area contributed by atoms with Crippen LogP contribution < -0.4 is 15.9 Å². The van der Waals surface area contributed by atoms with Crippen LogP contribution in [-0.2, 0) is 11.8 Å². The number of hydrogen-bond donors (Lipinski definition) is 1. The standard InChI is InChI=1S/C25H21OP.4BrH.Fe/c26-25-19-11-10-12-21(25)20-27(22-13-4-1-5-14-22,23-15-6-2-7-16-23)24-17-8-3-9-18-24;;;;;/h1-19H,20H2;4*1H;/q;;;;;+3/p-3. The predicted octanol–water partition coefficient (Wildman–Crippen LogP) is 8.27. The Morgan fingerprint density at radius 1 is 0.531 bits per heavy atom. The molecule has 169 valence electrons. The summed E-state index contributed by atoms with van der Waals surface area (Å²) in [6.45, 7) is 0. The summed E-state index contributed by atoms with van der Waals surface area (Å²) >= 11 is 13.0. The fourth-order valence-corrected chi connectivity index (χ4v) is 7.93. The second-order valence-corrected chi connectivity index (χ2v) is 43.8. The van der Waals surface area contributed by atoms with Gasteiger partial charge >= 0.3 is 62.1 Å². The molecule has 0 fully saturated rings. The van der Waals surface area contributed by atoms with Gasteiger partial charge in [-0.3, -0.25) is 0 Å². The third-order valence-electron chi connectivity index (χ3n) is 4.99. The number of para-hydroxylation sites is 1. The summed E-state index contributed by atoms with van der Waals surface area (Å²) in [7, 11) is -1.96. The monoisotopic (exact) mass is 741 g/mol. The molecule has 1 N–H and O–H groups in total. The van der Waals surface area contributed by atoms with E-state index in [1.165, 1.54) is 15.9 Å². The Balaban J connectivity index is 0.000000523. The molecule has 0 aliphatic carbocycles. The van der Waals surface area contributed by atoms with Gasteiger partial charge in [-0.2, -0.15) is 0 Å². The first-order valence-electron chi connectivity index (χ1n) is 9.66. The molecule has 0 radical (unpaired) electrons. The molecule has 4 rings (SSSR count). The molecule has 0 saturated carbocycles. The minimum atomic E-state index is -1.96. The van der Waals surface area contributed by atoms with Crippen LogP contribution in [0.25, 0.3) is 0 Å². The van der Waals surface area contributed by atoms with Gasteiger partial charge in [-0.05, 0) is 42.5 Å². The van der Waals surface area contributed by atoms with Crippen LogP contribution in [0.1, 0.15) is 5.56 Å². The summed E-state index contributed by atoms with van der Waals surface area (Å²) in [5, 5.41) is 14.5. The predicted molar refractivity (Wildman–Crippen MR) is 153 cm³/mol. The molecule has 0 bridgehead atoms. The zero-order valence-corrected chi connectivity index (χ0v) is 25.3. The quantitative estimate of drug-likeness (QED) is 0.161. The van der Waals surface area contributed by atoms with Gasteiger partial charge in [-0.25, -0.2) is 0 Å². The van der Waals surface area contributed by atoms with Gasteiger partial charge in [0.05, 0.1) is 0 Å². The Labute approximate surface area is 221 Å². The van der Waals surface area contributed by atoms with E-state index in [-0.39, 0.29) is 0 Å². The molecule has 4 aromatic rings. The Bertz CT molecular complexity index is 1000. The van der Waals surface area contributed by atoms with Crippen LogP contribution in [0, 0.1) is 0 Å². The van der Waals surface area contributed by atoms with Crippen LogP contribution in [-0.4, -0.2) is 5.11 Å². The molecule has 0 atom stereocenters. The van der Waals surface area contributed by atoms with Crippen molar-refractivity contribution in [1.29, 1.82) is 0 Å². The molecule has 32 heavy (non-hydrogen) atoms. The zero-order chi connectivity index (χ0) is 23.0. The van der Waals surface area contributed by atoms with E-state index in [9.17, 15) is 5.11 Å².